The molecule has 2 atom stereocenters. The Morgan fingerprint density at radius 3 is 1.96 bits per heavy atom. The minimum atomic E-state index is -3.40. The first kappa shape index (κ1) is 21.4. The van der Waals surface area contributed by atoms with Crippen LogP contribution in [0.3, 0.4) is 0 Å². The molecule has 1 aromatic rings. The molecule has 2 unspecified atom stereocenters. The standard InChI is InChI=1S/C22H37NO2S/c1-4-6-8-9-10-12-21-16-15-20(11-7-5-2)23(21)26(24,25)22-17-13-19(3)14-18-22/h13-14,17-18,20-21H,4-12,15-16H2,1-3H3. The maximum Gasteiger partial charge on any atom is 0.243 e. The fourth-order valence-electron chi connectivity index (χ4n) is 4.13. The quantitative estimate of drug-likeness (QED) is 0.438. The van der Waals surface area contributed by atoms with Gasteiger partial charge < -0.3 is 0 Å². The number of sulfonamides is 1. The Hall–Kier alpha value is -0.870. The molecule has 0 aliphatic carbocycles. The van der Waals surface area contributed by atoms with E-state index in [1.807, 2.05) is 23.4 Å². The summed E-state index contributed by atoms with van der Waals surface area (Å²) in [5.41, 5.74) is 1.10. The number of hydrogen-bond acceptors (Lipinski definition) is 2. The molecular weight excluding hydrogens is 342 g/mol. The molecule has 148 valence electrons. The molecular formula is C22H37NO2S. The van der Waals surface area contributed by atoms with E-state index in [-0.39, 0.29) is 12.1 Å². The first-order valence-corrected chi connectivity index (χ1v) is 12.0. The van der Waals surface area contributed by atoms with Crippen LogP contribution in [0.25, 0.3) is 0 Å². The SMILES string of the molecule is CCCCCCCC1CCC(CCCC)N1S(=O)(=O)c1ccc(C)cc1. The molecule has 0 radical (unpaired) electrons. The summed E-state index contributed by atoms with van der Waals surface area (Å²) in [6.07, 6.45) is 12.4. The van der Waals surface area contributed by atoms with Crippen molar-refractivity contribution in [3.05, 3.63) is 29.8 Å². The fraction of sp³-hybridized carbons (Fsp3) is 0.727. The van der Waals surface area contributed by atoms with Crippen molar-refractivity contribution in [1.29, 1.82) is 0 Å². The van der Waals surface area contributed by atoms with Crippen molar-refractivity contribution in [2.24, 2.45) is 0 Å². The van der Waals surface area contributed by atoms with Gasteiger partial charge in [-0.05, 0) is 44.7 Å². The number of unbranched alkanes of at least 4 members (excludes halogenated alkanes) is 5. The van der Waals surface area contributed by atoms with Crippen LogP contribution in [0.2, 0.25) is 0 Å². The average Bonchev–Trinajstić information content (AvgIpc) is 3.04. The summed E-state index contributed by atoms with van der Waals surface area (Å²) in [6, 6.07) is 7.73. The molecule has 0 N–H and O–H groups in total. The second-order valence-electron chi connectivity index (χ2n) is 7.88. The lowest BCUT2D eigenvalue weighted by Crippen LogP contribution is -2.41. The summed E-state index contributed by atoms with van der Waals surface area (Å²) in [7, 11) is -3.40. The molecule has 0 amide bonds. The van der Waals surface area contributed by atoms with Gasteiger partial charge in [0.05, 0.1) is 4.90 Å². The second-order valence-corrected chi connectivity index (χ2v) is 9.72. The highest BCUT2D eigenvalue weighted by atomic mass is 32.2. The van der Waals surface area contributed by atoms with Crippen LogP contribution in [-0.4, -0.2) is 24.8 Å². The van der Waals surface area contributed by atoms with E-state index in [4.69, 9.17) is 0 Å². The summed E-state index contributed by atoms with van der Waals surface area (Å²) >= 11 is 0. The highest BCUT2D eigenvalue weighted by molar-refractivity contribution is 7.89. The minimum absolute atomic E-state index is 0.182. The largest absolute Gasteiger partial charge is 0.243 e. The van der Waals surface area contributed by atoms with Gasteiger partial charge in [0.2, 0.25) is 10.0 Å². The summed E-state index contributed by atoms with van der Waals surface area (Å²) in [6.45, 7) is 6.40. The van der Waals surface area contributed by atoms with Gasteiger partial charge in [-0.1, -0.05) is 76.5 Å². The smallest absolute Gasteiger partial charge is 0.207 e. The van der Waals surface area contributed by atoms with Crippen LogP contribution in [0, 0.1) is 6.92 Å². The first-order valence-electron chi connectivity index (χ1n) is 10.6. The monoisotopic (exact) mass is 379 g/mol. The number of rotatable bonds is 11. The van der Waals surface area contributed by atoms with E-state index in [1.165, 1.54) is 25.7 Å². The van der Waals surface area contributed by atoms with Crippen molar-refractivity contribution in [1.82, 2.24) is 4.31 Å². The maximum absolute atomic E-state index is 13.4. The highest BCUT2D eigenvalue weighted by Gasteiger charge is 2.41. The summed E-state index contributed by atoms with van der Waals surface area (Å²) < 4.78 is 28.7. The molecule has 3 nitrogen and oxygen atoms in total. The molecule has 0 bridgehead atoms. The van der Waals surface area contributed by atoms with Crippen LogP contribution in [-0.2, 0) is 10.0 Å². The molecule has 1 aliphatic heterocycles. The van der Waals surface area contributed by atoms with Crippen LogP contribution < -0.4 is 0 Å². The number of aryl methyl sites for hydroxylation is 1. The van der Waals surface area contributed by atoms with Gasteiger partial charge in [0, 0.05) is 12.1 Å². The zero-order valence-electron chi connectivity index (χ0n) is 16.9. The van der Waals surface area contributed by atoms with Crippen LogP contribution in [0.15, 0.2) is 29.2 Å². The predicted octanol–water partition coefficient (Wildman–Crippen LogP) is 6.07. The van der Waals surface area contributed by atoms with Crippen molar-refractivity contribution in [3.63, 3.8) is 0 Å². The van der Waals surface area contributed by atoms with Crippen molar-refractivity contribution in [3.8, 4) is 0 Å². The summed E-state index contributed by atoms with van der Waals surface area (Å²) in [5, 5.41) is 0. The molecule has 4 heteroatoms. The third-order valence-electron chi connectivity index (χ3n) is 5.68. The third-order valence-corrected chi connectivity index (χ3v) is 7.70. The van der Waals surface area contributed by atoms with E-state index in [9.17, 15) is 8.42 Å². The van der Waals surface area contributed by atoms with Crippen LogP contribution >= 0.6 is 0 Å². The van der Waals surface area contributed by atoms with Crippen molar-refractivity contribution < 1.29 is 8.42 Å². The Balaban J connectivity index is 2.13. The summed E-state index contributed by atoms with van der Waals surface area (Å²) in [5.74, 6) is 0. The lowest BCUT2D eigenvalue weighted by Gasteiger charge is -2.30. The van der Waals surface area contributed by atoms with E-state index in [0.29, 0.717) is 4.90 Å². The van der Waals surface area contributed by atoms with Crippen LogP contribution in [0.4, 0.5) is 0 Å². The molecule has 0 aromatic heterocycles. The molecule has 1 saturated heterocycles. The van der Waals surface area contributed by atoms with E-state index in [1.54, 1.807) is 12.1 Å². The lowest BCUT2D eigenvalue weighted by atomic mass is 10.0. The second kappa shape index (κ2) is 10.5. The van der Waals surface area contributed by atoms with Gasteiger partial charge in [-0.15, -0.1) is 0 Å². The third kappa shape index (κ3) is 5.56. The summed E-state index contributed by atoms with van der Waals surface area (Å²) in [4.78, 5) is 0.461. The molecule has 0 spiro atoms. The first-order chi connectivity index (χ1) is 12.5. The molecule has 1 heterocycles. The predicted molar refractivity (Wildman–Crippen MR) is 110 cm³/mol. The van der Waals surface area contributed by atoms with Gasteiger partial charge in [-0.25, -0.2) is 8.42 Å². The van der Waals surface area contributed by atoms with Crippen LogP contribution in [0.5, 0.6) is 0 Å². The van der Waals surface area contributed by atoms with E-state index >= 15 is 0 Å². The molecule has 0 saturated carbocycles. The Morgan fingerprint density at radius 2 is 1.38 bits per heavy atom. The van der Waals surface area contributed by atoms with Gasteiger partial charge in [0.25, 0.3) is 0 Å². The molecule has 26 heavy (non-hydrogen) atoms. The van der Waals surface area contributed by atoms with Gasteiger partial charge >= 0.3 is 0 Å². The Bertz CT molecular complexity index is 624. The highest BCUT2D eigenvalue weighted by Crippen LogP contribution is 2.36. The minimum Gasteiger partial charge on any atom is -0.207 e. The Morgan fingerprint density at radius 1 is 0.846 bits per heavy atom. The lowest BCUT2D eigenvalue weighted by molar-refractivity contribution is 0.290. The topological polar surface area (TPSA) is 37.4 Å². The zero-order chi connectivity index (χ0) is 19.0. The van der Waals surface area contributed by atoms with E-state index in [0.717, 1.165) is 50.5 Å². The number of benzene rings is 1. The zero-order valence-corrected chi connectivity index (χ0v) is 17.7. The van der Waals surface area contributed by atoms with Crippen molar-refractivity contribution >= 4 is 10.0 Å². The molecule has 1 fully saturated rings. The normalized spacial score (nSPS) is 21.3. The van der Waals surface area contributed by atoms with E-state index < -0.39 is 10.0 Å². The van der Waals surface area contributed by atoms with Crippen LogP contribution in [0.1, 0.15) is 90.0 Å². The Labute approximate surface area is 161 Å². The maximum atomic E-state index is 13.4. The van der Waals surface area contributed by atoms with E-state index in [2.05, 4.69) is 13.8 Å². The number of nitrogens with zero attached hydrogens (tertiary/aromatic N) is 1. The number of hydrogen-bond donors (Lipinski definition) is 0. The van der Waals surface area contributed by atoms with Gasteiger partial charge in [-0.3, -0.25) is 0 Å². The molecule has 2 rings (SSSR count). The molecule has 1 aliphatic rings. The Kier molecular flexibility index (Phi) is 8.62. The molecule has 1 aromatic carbocycles. The van der Waals surface area contributed by atoms with Gasteiger partial charge in [0.1, 0.15) is 0 Å². The van der Waals surface area contributed by atoms with Gasteiger partial charge in [0.15, 0.2) is 0 Å². The fourth-order valence-corrected chi connectivity index (χ4v) is 6.06. The van der Waals surface area contributed by atoms with Gasteiger partial charge in [-0.2, -0.15) is 4.31 Å². The average molecular weight is 380 g/mol. The van der Waals surface area contributed by atoms with Crippen molar-refractivity contribution in [2.45, 2.75) is 108 Å². The van der Waals surface area contributed by atoms with Crippen molar-refractivity contribution in [2.75, 3.05) is 0 Å².